The summed E-state index contributed by atoms with van der Waals surface area (Å²) in [4.78, 5) is 23.5. The van der Waals surface area contributed by atoms with E-state index in [1.807, 2.05) is 18.2 Å². The fourth-order valence-electron chi connectivity index (χ4n) is 2.94. The average Bonchev–Trinajstić information content (AvgIpc) is 3.07. The monoisotopic (exact) mass is 351 g/mol. The minimum atomic E-state index is -0.428. The number of nitrogens with zero attached hydrogens (tertiary/aromatic N) is 3. The molecule has 1 aliphatic rings. The van der Waals surface area contributed by atoms with Gasteiger partial charge in [0.25, 0.3) is 11.6 Å². The molecule has 134 valence electrons. The maximum Gasteiger partial charge on any atom is 0.274 e. The van der Waals surface area contributed by atoms with Crippen molar-refractivity contribution in [1.29, 1.82) is 0 Å². The van der Waals surface area contributed by atoms with Gasteiger partial charge in [0.1, 0.15) is 0 Å². The molecule has 0 spiro atoms. The number of nitro groups is 1. The molecule has 6 nitrogen and oxygen atoms in total. The maximum atomic E-state index is 13.0. The van der Waals surface area contributed by atoms with Gasteiger partial charge in [-0.1, -0.05) is 51.1 Å². The van der Waals surface area contributed by atoms with E-state index < -0.39 is 4.92 Å². The van der Waals surface area contributed by atoms with Gasteiger partial charge in [-0.05, 0) is 17.7 Å². The Balaban J connectivity index is 1.97. The molecule has 1 aliphatic heterocycles. The van der Waals surface area contributed by atoms with Crippen LogP contribution in [-0.2, 0) is 0 Å². The van der Waals surface area contributed by atoms with Crippen LogP contribution in [0.1, 0.15) is 49.2 Å². The smallest absolute Gasteiger partial charge is 0.267 e. The van der Waals surface area contributed by atoms with E-state index in [-0.39, 0.29) is 23.1 Å². The van der Waals surface area contributed by atoms with Crippen LogP contribution in [-0.4, -0.2) is 21.6 Å². The molecule has 0 radical (unpaired) electrons. The fraction of sp³-hybridized carbons (Fsp3) is 0.300. The van der Waals surface area contributed by atoms with Crippen LogP contribution in [0.4, 0.5) is 5.69 Å². The molecule has 1 unspecified atom stereocenters. The molecule has 1 atom stereocenters. The summed E-state index contributed by atoms with van der Waals surface area (Å²) < 4.78 is 0. The van der Waals surface area contributed by atoms with E-state index in [0.29, 0.717) is 12.0 Å². The number of carbonyl (C=O) groups excluding carboxylic acids is 1. The SMILES string of the molecule is CC(C)(C)C1=NN(C(=O)c2ccccc2)C(c2ccc([N+](=O)[O-])cc2)C1. The van der Waals surface area contributed by atoms with E-state index in [4.69, 9.17) is 0 Å². The van der Waals surface area contributed by atoms with Crippen molar-refractivity contribution in [3.63, 3.8) is 0 Å². The van der Waals surface area contributed by atoms with Crippen molar-refractivity contribution in [2.45, 2.75) is 33.2 Å². The summed E-state index contributed by atoms with van der Waals surface area (Å²) in [6, 6.07) is 15.1. The predicted molar refractivity (Wildman–Crippen MR) is 100.0 cm³/mol. The van der Waals surface area contributed by atoms with Gasteiger partial charge in [0, 0.05) is 35.2 Å². The predicted octanol–water partition coefficient (Wildman–Crippen LogP) is 4.58. The quantitative estimate of drug-likeness (QED) is 0.600. The first-order valence-corrected chi connectivity index (χ1v) is 8.48. The number of carbonyl (C=O) groups is 1. The Labute approximate surface area is 152 Å². The van der Waals surface area contributed by atoms with E-state index in [1.165, 1.54) is 17.1 Å². The van der Waals surface area contributed by atoms with Gasteiger partial charge in [0.2, 0.25) is 0 Å². The topological polar surface area (TPSA) is 75.8 Å². The van der Waals surface area contributed by atoms with Crippen LogP contribution in [0, 0.1) is 15.5 Å². The Kier molecular flexibility index (Phi) is 4.59. The molecule has 0 bridgehead atoms. The van der Waals surface area contributed by atoms with Gasteiger partial charge in [-0.15, -0.1) is 0 Å². The number of rotatable bonds is 3. The molecule has 0 aromatic heterocycles. The molecular weight excluding hydrogens is 330 g/mol. The van der Waals surface area contributed by atoms with Crippen molar-refractivity contribution in [3.05, 3.63) is 75.8 Å². The van der Waals surface area contributed by atoms with Crippen LogP contribution in [0.25, 0.3) is 0 Å². The molecule has 0 saturated carbocycles. The van der Waals surface area contributed by atoms with Gasteiger partial charge in [-0.3, -0.25) is 14.9 Å². The molecule has 0 aliphatic carbocycles. The van der Waals surface area contributed by atoms with Crippen molar-refractivity contribution in [2.24, 2.45) is 10.5 Å². The Hall–Kier alpha value is -3.02. The normalized spacial score (nSPS) is 17.1. The third-order valence-electron chi connectivity index (χ3n) is 4.49. The van der Waals surface area contributed by atoms with Crippen molar-refractivity contribution in [1.82, 2.24) is 5.01 Å². The highest BCUT2D eigenvalue weighted by molar-refractivity contribution is 5.99. The van der Waals surface area contributed by atoms with Crippen LogP contribution in [0.3, 0.4) is 0 Å². The zero-order valence-corrected chi connectivity index (χ0v) is 15.0. The third kappa shape index (κ3) is 3.49. The summed E-state index contributed by atoms with van der Waals surface area (Å²) in [7, 11) is 0. The van der Waals surface area contributed by atoms with Gasteiger partial charge in [-0.25, -0.2) is 5.01 Å². The van der Waals surface area contributed by atoms with Crippen molar-refractivity contribution >= 4 is 17.3 Å². The Morgan fingerprint density at radius 2 is 1.73 bits per heavy atom. The lowest BCUT2D eigenvalue weighted by atomic mass is 9.86. The lowest BCUT2D eigenvalue weighted by Crippen LogP contribution is -2.27. The summed E-state index contributed by atoms with van der Waals surface area (Å²) in [5.74, 6) is -0.173. The molecule has 1 heterocycles. The van der Waals surface area contributed by atoms with E-state index in [1.54, 1.807) is 24.3 Å². The molecule has 26 heavy (non-hydrogen) atoms. The van der Waals surface area contributed by atoms with Crippen LogP contribution in [0.2, 0.25) is 0 Å². The Morgan fingerprint density at radius 3 is 2.27 bits per heavy atom. The van der Waals surface area contributed by atoms with Crippen molar-refractivity contribution in [2.75, 3.05) is 0 Å². The van der Waals surface area contributed by atoms with Crippen LogP contribution >= 0.6 is 0 Å². The summed E-state index contributed by atoms with van der Waals surface area (Å²) in [5.41, 5.74) is 2.21. The highest BCUT2D eigenvalue weighted by Crippen LogP contribution is 2.37. The maximum absolute atomic E-state index is 13.0. The first kappa shape index (κ1) is 17.8. The van der Waals surface area contributed by atoms with Crippen LogP contribution in [0.15, 0.2) is 59.7 Å². The van der Waals surface area contributed by atoms with E-state index >= 15 is 0 Å². The van der Waals surface area contributed by atoms with Gasteiger partial charge >= 0.3 is 0 Å². The zero-order chi connectivity index (χ0) is 18.9. The molecule has 0 fully saturated rings. The first-order valence-electron chi connectivity index (χ1n) is 8.48. The number of non-ortho nitro benzene ring substituents is 1. The number of hydrazone groups is 1. The number of amides is 1. The minimum absolute atomic E-state index is 0.0321. The minimum Gasteiger partial charge on any atom is -0.267 e. The van der Waals surface area contributed by atoms with Crippen LogP contribution in [0.5, 0.6) is 0 Å². The number of benzene rings is 2. The molecule has 0 N–H and O–H groups in total. The largest absolute Gasteiger partial charge is 0.274 e. The zero-order valence-electron chi connectivity index (χ0n) is 15.0. The summed E-state index contributed by atoms with van der Waals surface area (Å²) in [6.07, 6.45) is 0.611. The third-order valence-corrected chi connectivity index (χ3v) is 4.49. The second-order valence-corrected chi connectivity index (χ2v) is 7.38. The number of hydrogen-bond acceptors (Lipinski definition) is 4. The van der Waals surface area contributed by atoms with Gasteiger partial charge in [0.05, 0.1) is 11.0 Å². The summed E-state index contributed by atoms with van der Waals surface area (Å²) in [6.45, 7) is 6.19. The molecule has 0 saturated heterocycles. The highest BCUT2D eigenvalue weighted by atomic mass is 16.6. The summed E-state index contributed by atoms with van der Waals surface area (Å²) in [5, 5.41) is 17.0. The van der Waals surface area contributed by atoms with E-state index in [0.717, 1.165) is 11.3 Å². The summed E-state index contributed by atoms with van der Waals surface area (Å²) >= 11 is 0. The standard InChI is InChI=1S/C20H21N3O3/c1-20(2,3)18-13-17(14-9-11-16(12-10-14)23(25)26)22(21-18)19(24)15-7-5-4-6-8-15/h4-12,17H,13H2,1-3H3. The fourth-order valence-corrected chi connectivity index (χ4v) is 2.94. The molecular formula is C20H21N3O3. The molecule has 2 aromatic rings. The number of hydrogen-bond donors (Lipinski definition) is 0. The Morgan fingerprint density at radius 1 is 1.12 bits per heavy atom. The van der Waals surface area contributed by atoms with Crippen LogP contribution < -0.4 is 0 Å². The van der Waals surface area contributed by atoms with E-state index in [9.17, 15) is 14.9 Å². The van der Waals surface area contributed by atoms with E-state index in [2.05, 4.69) is 25.9 Å². The second kappa shape index (κ2) is 6.71. The van der Waals surface area contributed by atoms with Crippen molar-refractivity contribution < 1.29 is 9.72 Å². The average molecular weight is 351 g/mol. The molecule has 6 heteroatoms. The van der Waals surface area contributed by atoms with Gasteiger partial charge in [0.15, 0.2) is 0 Å². The first-order chi connectivity index (χ1) is 12.3. The van der Waals surface area contributed by atoms with Crippen molar-refractivity contribution in [3.8, 4) is 0 Å². The molecule has 2 aromatic carbocycles. The lowest BCUT2D eigenvalue weighted by molar-refractivity contribution is -0.384. The highest BCUT2D eigenvalue weighted by Gasteiger charge is 2.37. The lowest BCUT2D eigenvalue weighted by Gasteiger charge is -2.22. The van der Waals surface area contributed by atoms with Gasteiger partial charge < -0.3 is 0 Å². The number of nitro benzene ring substituents is 1. The molecule has 1 amide bonds. The second-order valence-electron chi connectivity index (χ2n) is 7.38. The van der Waals surface area contributed by atoms with Gasteiger partial charge in [-0.2, -0.15) is 5.10 Å². The Bertz CT molecular complexity index is 852. The molecule has 3 rings (SSSR count).